The summed E-state index contributed by atoms with van der Waals surface area (Å²) < 4.78 is 5.24. The third-order valence-corrected chi connectivity index (χ3v) is 7.27. The van der Waals surface area contributed by atoms with Crippen LogP contribution in [0.15, 0.2) is 0 Å². The molecule has 0 aromatic heterocycles. The molecule has 0 bridgehead atoms. The number of hydrogen-bond donors (Lipinski definition) is 1. The number of rotatable bonds is 3. The second-order valence-electron chi connectivity index (χ2n) is 6.89. The van der Waals surface area contributed by atoms with Gasteiger partial charge < -0.3 is 10.1 Å². The fraction of sp³-hybridized carbons (Fsp3) is 0.917. The molecular weight excluding hydrogens is 218 g/mol. The molecule has 0 spiro atoms. The summed E-state index contributed by atoms with van der Waals surface area (Å²) in [5.74, 6) is 0. The highest BCUT2D eigenvalue weighted by Crippen LogP contribution is 2.60. The van der Waals surface area contributed by atoms with Crippen molar-refractivity contribution in [2.75, 3.05) is 6.54 Å². The first kappa shape index (κ1) is 13.6. The van der Waals surface area contributed by atoms with E-state index in [1.54, 1.807) is 0 Å². The molecule has 0 saturated heterocycles. The van der Waals surface area contributed by atoms with E-state index in [9.17, 15) is 4.79 Å². The SMILES string of the molecule is CC(C)(C)OC(=O)NCC1([Si](C)(C)C)CC1. The number of carbonyl (C=O) groups is 1. The summed E-state index contributed by atoms with van der Waals surface area (Å²) in [5, 5.41) is 3.34. The third-order valence-electron chi connectivity index (χ3n) is 3.41. The van der Waals surface area contributed by atoms with E-state index in [2.05, 4.69) is 25.0 Å². The zero-order valence-electron chi connectivity index (χ0n) is 11.4. The first-order valence-corrected chi connectivity index (χ1v) is 9.53. The van der Waals surface area contributed by atoms with Crippen LogP contribution in [0.3, 0.4) is 0 Å². The molecule has 0 aromatic carbocycles. The van der Waals surface area contributed by atoms with Crippen LogP contribution in [0.1, 0.15) is 33.6 Å². The highest BCUT2D eigenvalue weighted by molar-refractivity contribution is 6.80. The minimum Gasteiger partial charge on any atom is -0.444 e. The van der Waals surface area contributed by atoms with Gasteiger partial charge in [0.15, 0.2) is 0 Å². The lowest BCUT2D eigenvalue weighted by atomic mass is 10.2. The van der Waals surface area contributed by atoms with E-state index in [0.29, 0.717) is 5.04 Å². The summed E-state index contributed by atoms with van der Waals surface area (Å²) in [7, 11) is -1.17. The summed E-state index contributed by atoms with van der Waals surface area (Å²) >= 11 is 0. The average Bonchev–Trinajstić information content (AvgIpc) is 2.75. The van der Waals surface area contributed by atoms with Crippen LogP contribution < -0.4 is 5.32 Å². The molecule has 1 saturated carbocycles. The van der Waals surface area contributed by atoms with Crippen LogP contribution in [-0.4, -0.2) is 26.3 Å². The van der Waals surface area contributed by atoms with Crippen molar-refractivity contribution in [3.8, 4) is 0 Å². The van der Waals surface area contributed by atoms with Crippen molar-refractivity contribution in [3.05, 3.63) is 0 Å². The monoisotopic (exact) mass is 243 g/mol. The maximum atomic E-state index is 11.5. The molecule has 1 fully saturated rings. The van der Waals surface area contributed by atoms with Gasteiger partial charge in [0.25, 0.3) is 0 Å². The third kappa shape index (κ3) is 3.51. The van der Waals surface area contributed by atoms with E-state index in [0.717, 1.165) is 6.54 Å². The Morgan fingerprint density at radius 2 is 1.81 bits per heavy atom. The predicted octanol–water partition coefficient (Wildman–Crippen LogP) is 3.38. The molecule has 1 aliphatic carbocycles. The van der Waals surface area contributed by atoms with Gasteiger partial charge in [-0.3, -0.25) is 0 Å². The van der Waals surface area contributed by atoms with E-state index in [1.807, 2.05) is 20.8 Å². The number of amides is 1. The van der Waals surface area contributed by atoms with Gasteiger partial charge in [-0.25, -0.2) is 4.79 Å². The van der Waals surface area contributed by atoms with E-state index in [-0.39, 0.29) is 6.09 Å². The van der Waals surface area contributed by atoms with Gasteiger partial charge in [0.1, 0.15) is 5.60 Å². The Labute approximate surface area is 100.0 Å². The van der Waals surface area contributed by atoms with E-state index in [4.69, 9.17) is 4.74 Å². The molecule has 1 aliphatic rings. The zero-order valence-corrected chi connectivity index (χ0v) is 12.4. The lowest BCUT2D eigenvalue weighted by Crippen LogP contribution is -2.41. The number of carbonyl (C=O) groups excluding carboxylic acids is 1. The number of hydrogen-bond acceptors (Lipinski definition) is 2. The Hall–Kier alpha value is -0.513. The molecule has 4 heteroatoms. The Bertz CT molecular complexity index is 272. The van der Waals surface area contributed by atoms with Gasteiger partial charge in [0.2, 0.25) is 0 Å². The second-order valence-corrected chi connectivity index (χ2v) is 12.4. The van der Waals surface area contributed by atoms with Crippen LogP contribution in [0, 0.1) is 0 Å². The smallest absolute Gasteiger partial charge is 0.407 e. The predicted molar refractivity (Wildman–Crippen MR) is 69.5 cm³/mol. The lowest BCUT2D eigenvalue weighted by molar-refractivity contribution is 0.0526. The van der Waals surface area contributed by atoms with Crippen molar-refractivity contribution in [1.82, 2.24) is 5.32 Å². The molecular formula is C12H25NO2Si. The van der Waals surface area contributed by atoms with Gasteiger partial charge >= 0.3 is 6.09 Å². The summed E-state index contributed by atoms with van der Waals surface area (Å²) in [4.78, 5) is 11.5. The first-order valence-electron chi connectivity index (χ1n) is 6.03. The minimum atomic E-state index is -1.17. The van der Waals surface area contributed by atoms with Crippen LogP contribution in [-0.2, 0) is 4.74 Å². The summed E-state index contributed by atoms with van der Waals surface area (Å²) in [6, 6.07) is 0. The van der Waals surface area contributed by atoms with Crippen molar-refractivity contribution in [3.63, 3.8) is 0 Å². The topological polar surface area (TPSA) is 38.3 Å². The normalized spacial score (nSPS) is 19.1. The Kier molecular flexibility index (Phi) is 3.44. The van der Waals surface area contributed by atoms with Crippen molar-refractivity contribution < 1.29 is 9.53 Å². The lowest BCUT2D eigenvalue weighted by Gasteiger charge is -2.29. The molecule has 1 amide bonds. The van der Waals surface area contributed by atoms with Crippen molar-refractivity contribution >= 4 is 14.2 Å². The average molecular weight is 243 g/mol. The van der Waals surface area contributed by atoms with Crippen molar-refractivity contribution in [2.45, 2.75) is 63.9 Å². The zero-order chi connectivity index (χ0) is 12.6. The van der Waals surface area contributed by atoms with Gasteiger partial charge in [-0.1, -0.05) is 19.6 Å². The number of nitrogens with one attached hydrogen (secondary N) is 1. The standard InChI is InChI=1S/C12H25NO2Si/c1-11(2,3)15-10(14)13-9-12(7-8-12)16(4,5)6/h7-9H2,1-6H3,(H,13,14). The van der Waals surface area contributed by atoms with Crippen molar-refractivity contribution in [1.29, 1.82) is 0 Å². The summed E-state index contributed by atoms with van der Waals surface area (Å²) in [6.07, 6.45) is 2.24. The van der Waals surface area contributed by atoms with Crippen LogP contribution in [0.2, 0.25) is 24.7 Å². The van der Waals surface area contributed by atoms with E-state index < -0.39 is 13.7 Å². The second kappa shape index (κ2) is 4.06. The number of alkyl carbamates (subject to hydrolysis) is 1. The number of ether oxygens (including phenoxy) is 1. The van der Waals surface area contributed by atoms with Gasteiger partial charge in [-0.05, 0) is 38.7 Å². The summed E-state index contributed by atoms with van der Waals surface area (Å²) in [6.45, 7) is 13.6. The Balaban J connectivity index is 2.39. The molecule has 0 unspecified atom stereocenters. The highest BCUT2D eigenvalue weighted by atomic mass is 28.3. The van der Waals surface area contributed by atoms with Crippen molar-refractivity contribution in [2.24, 2.45) is 0 Å². The Morgan fingerprint density at radius 3 is 2.12 bits per heavy atom. The molecule has 3 nitrogen and oxygen atoms in total. The van der Waals surface area contributed by atoms with Crippen LogP contribution in [0.25, 0.3) is 0 Å². The van der Waals surface area contributed by atoms with E-state index in [1.165, 1.54) is 12.8 Å². The maximum Gasteiger partial charge on any atom is 0.407 e. The largest absolute Gasteiger partial charge is 0.444 e. The van der Waals surface area contributed by atoms with Gasteiger partial charge in [-0.2, -0.15) is 0 Å². The van der Waals surface area contributed by atoms with Crippen LogP contribution in [0.4, 0.5) is 4.79 Å². The highest BCUT2D eigenvalue weighted by Gasteiger charge is 2.52. The quantitative estimate of drug-likeness (QED) is 0.772. The molecule has 16 heavy (non-hydrogen) atoms. The molecule has 0 aliphatic heterocycles. The molecule has 94 valence electrons. The molecule has 0 radical (unpaired) electrons. The molecule has 0 aromatic rings. The van der Waals surface area contributed by atoms with Gasteiger partial charge in [0, 0.05) is 6.54 Å². The minimum absolute atomic E-state index is 0.281. The molecule has 1 N–H and O–H groups in total. The van der Waals surface area contributed by atoms with Crippen LogP contribution in [0.5, 0.6) is 0 Å². The maximum absolute atomic E-state index is 11.5. The molecule has 0 atom stereocenters. The van der Waals surface area contributed by atoms with Crippen LogP contribution >= 0.6 is 0 Å². The fourth-order valence-corrected chi connectivity index (χ4v) is 4.14. The first-order chi connectivity index (χ1) is 7.06. The van der Waals surface area contributed by atoms with Gasteiger partial charge in [0.05, 0.1) is 8.07 Å². The fourth-order valence-electron chi connectivity index (χ4n) is 1.90. The summed E-state index contributed by atoms with van der Waals surface area (Å²) in [5.41, 5.74) is -0.403. The van der Waals surface area contributed by atoms with E-state index >= 15 is 0 Å². The Morgan fingerprint density at radius 1 is 1.31 bits per heavy atom. The molecule has 0 heterocycles. The molecule has 1 rings (SSSR count). The van der Waals surface area contributed by atoms with Gasteiger partial charge in [-0.15, -0.1) is 0 Å².